The van der Waals surface area contributed by atoms with Gasteiger partial charge in [-0.2, -0.15) is 4.98 Å². The van der Waals surface area contributed by atoms with Gasteiger partial charge in [0.15, 0.2) is 6.23 Å². The predicted molar refractivity (Wildman–Crippen MR) is 179 cm³/mol. The molecule has 0 radical (unpaired) electrons. The molecule has 0 unspecified atom stereocenters. The number of nitrogens with zero attached hydrogens (tertiary/aromatic N) is 2. The maximum absolute atomic E-state index is 13.6. The van der Waals surface area contributed by atoms with Crippen LogP contribution in [0.15, 0.2) is 35.3 Å². The molecule has 2 aromatic rings. The number of rotatable bonds is 11. The number of hydrogen-bond donors (Lipinski definition) is 0. The van der Waals surface area contributed by atoms with Gasteiger partial charge in [-0.25, -0.2) is 4.79 Å². The molecular formula is C33H52N2O9Si2. The third kappa shape index (κ3) is 7.35. The molecule has 46 heavy (non-hydrogen) atoms. The number of esters is 1. The van der Waals surface area contributed by atoms with E-state index in [2.05, 4.69) is 60.4 Å². The van der Waals surface area contributed by atoms with Gasteiger partial charge in [-0.1, -0.05) is 73.6 Å². The first-order chi connectivity index (χ1) is 21.6. The zero-order chi connectivity index (χ0) is 34.0. The van der Waals surface area contributed by atoms with Crippen LogP contribution < -0.4 is 10.4 Å². The molecular weight excluding hydrogens is 625 g/mol. The highest BCUT2D eigenvalue weighted by atomic mass is 28.5. The summed E-state index contributed by atoms with van der Waals surface area (Å²) in [5, 5.41) is 0. The highest BCUT2D eigenvalue weighted by molar-refractivity contribution is 6.84. The third-order valence-corrected chi connectivity index (χ3v) is 19.3. The molecule has 13 heteroatoms. The molecule has 0 spiro atoms. The first-order valence-electron chi connectivity index (χ1n) is 16.4. The number of hydrogen-bond acceptors (Lipinski definition) is 10. The minimum absolute atomic E-state index is 0.0479. The molecule has 1 aromatic heterocycles. The average molecular weight is 677 g/mol. The third-order valence-electron chi connectivity index (χ3n) is 9.01. The van der Waals surface area contributed by atoms with Crippen LogP contribution in [0.5, 0.6) is 11.6 Å². The topological polar surface area (TPSA) is 117 Å². The Morgan fingerprint density at radius 3 is 2.11 bits per heavy atom. The summed E-state index contributed by atoms with van der Waals surface area (Å²) in [6, 6.07) is 7.48. The Bertz CT molecular complexity index is 1380. The van der Waals surface area contributed by atoms with Gasteiger partial charge in [0, 0.05) is 19.2 Å². The lowest BCUT2D eigenvalue weighted by atomic mass is 10.1. The van der Waals surface area contributed by atoms with Crippen molar-refractivity contribution in [2.24, 2.45) is 0 Å². The van der Waals surface area contributed by atoms with Crippen LogP contribution in [0.2, 0.25) is 22.2 Å². The highest BCUT2D eigenvalue weighted by Gasteiger charge is 2.62. The Morgan fingerprint density at radius 2 is 1.57 bits per heavy atom. The van der Waals surface area contributed by atoms with Crippen molar-refractivity contribution >= 4 is 23.1 Å². The van der Waals surface area contributed by atoms with Crippen LogP contribution in [0.4, 0.5) is 0 Å². The van der Waals surface area contributed by atoms with E-state index in [1.54, 1.807) is 12.3 Å². The van der Waals surface area contributed by atoms with Crippen LogP contribution in [-0.4, -0.2) is 70.8 Å². The molecule has 11 nitrogen and oxygen atoms in total. The molecule has 4 atom stereocenters. The van der Waals surface area contributed by atoms with E-state index in [-0.39, 0.29) is 47.9 Å². The van der Waals surface area contributed by atoms with Crippen LogP contribution in [0.3, 0.4) is 0 Å². The largest absolute Gasteiger partial charge is 0.463 e. The predicted octanol–water partition coefficient (Wildman–Crippen LogP) is 6.45. The monoisotopic (exact) mass is 676 g/mol. The second kappa shape index (κ2) is 14.8. The van der Waals surface area contributed by atoms with E-state index in [1.165, 1.54) is 11.5 Å². The van der Waals surface area contributed by atoms with Crippen molar-refractivity contribution < 1.29 is 36.7 Å². The first kappa shape index (κ1) is 36.4. The SMILES string of the molecule is CC(=O)OCCO[C@@H]1[C@@H]2O[Si](C(C)C)(C(C)C)O[Si](C(C)C)(C(C)C)OC[C@H]2O[C@H]1n1ccc(Oc2c(C)cccc2C)nc1=O. The second-order valence-corrected chi connectivity index (χ2v) is 22.4. The van der Waals surface area contributed by atoms with E-state index in [9.17, 15) is 9.59 Å². The summed E-state index contributed by atoms with van der Waals surface area (Å²) in [5.41, 5.74) is 1.83. The van der Waals surface area contributed by atoms with Gasteiger partial charge >= 0.3 is 28.8 Å². The fourth-order valence-electron chi connectivity index (χ4n) is 6.61. The molecule has 256 valence electrons. The van der Waals surface area contributed by atoms with Gasteiger partial charge in [0.25, 0.3) is 0 Å². The summed E-state index contributed by atoms with van der Waals surface area (Å²) in [5.74, 6) is 0.435. The molecule has 0 N–H and O–H groups in total. The standard InChI is InChI=1S/C33H52N2O9Si2/c1-20(2)45(21(3)4)40-19-27-30(43-46(44-45,22(5)6)23(7)8)31(39-18-17-38-26(11)36)32(41-27)35-16-15-28(34-33(35)37)42-29-24(9)13-12-14-25(29)10/h12-16,20-23,27,30-32H,17-19H2,1-11H3/t27-,30-,31-,32-/m1/s1. The Kier molecular flexibility index (Phi) is 11.7. The lowest BCUT2D eigenvalue weighted by Gasteiger charge is -2.51. The summed E-state index contributed by atoms with van der Waals surface area (Å²) in [4.78, 5) is 29.3. The summed E-state index contributed by atoms with van der Waals surface area (Å²) in [7, 11) is -5.82. The number of fused-ring (bicyclic) bond motifs is 1. The Morgan fingerprint density at radius 1 is 0.957 bits per heavy atom. The van der Waals surface area contributed by atoms with E-state index >= 15 is 0 Å². The molecule has 0 bridgehead atoms. The van der Waals surface area contributed by atoms with Gasteiger partial charge in [-0.3, -0.25) is 9.36 Å². The number of carbonyl (C=O) groups is 1. The number of ether oxygens (including phenoxy) is 4. The van der Waals surface area contributed by atoms with Crippen molar-refractivity contribution in [2.75, 3.05) is 19.8 Å². The minimum Gasteiger partial charge on any atom is -0.463 e. The fraction of sp³-hybridized carbons (Fsp3) is 0.667. The van der Waals surface area contributed by atoms with Gasteiger partial charge in [0.05, 0.1) is 13.2 Å². The number of benzene rings is 1. The van der Waals surface area contributed by atoms with Gasteiger partial charge in [0.2, 0.25) is 5.88 Å². The first-order valence-corrected chi connectivity index (χ1v) is 20.3. The molecule has 0 saturated carbocycles. The zero-order valence-corrected chi connectivity index (χ0v) is 31.2. The molecule has 0 aliphatic carbocycles. The summed E-state index contributed by atoms with van der Waals surface area (Å²) in [6.45, 7) is 22.9. The fourth-order valence-corrected chi connectivity index (χ4v) is 17.8. The Balaban J connectivity index is 1.75. The van der Waals surface area contributed by atoms with Gasteiger partial charge in [-0.05, 0) is 47.1 Å². The van der Waals surface area contributed by atoms with Crippen LogP contribution in [-0.2, 0) is 32.0 Å². The molecule has 2 fully saturated rings. The minimum atomic E-state index is -3.01. The number of carbonyl (C=O) groups excluding carboxylic acids is 1. The molecule has 2 aliphatic rings. The smallest absolute Gasteiger partial charge is 0.353 e. The molecule has 1 aromatic carbocycles. The average Bonchev–Trinajstić information content (AvgIpc) is 3.28. The van der Waals surface area contributed by atoms with Crippen molar-refractivity contribution in [3.8, 4) is 11.6 Å². The quantitative estimate of drug-likeness (QED) is 0.149. The number of aryl methyl sites for hydroxylation is 2. The molecule has 3 heterocycles. The molecule has 4 rings (SSSR count). The summed E-state index contributed by atoms with van der Waals surface area (Å²) in [6.07, 6.45) is -1.17. The Hall–Kier alpha value is -2.40. The lowest BCUT2D eigenvalue weighted by Crippen LogP contribution is -2.66. The van der Waals surface area contributed by atoms with Gasteiger partial charge < -0.3 is 31.9 Å². The van der Waals surface area contributed by atoms with Crippen molar-refractivity contribution in [3.63, 3.8) is 0 Å². The van der Waals surface area contributed by atoms with Crippen molar-refractivity contribution in [2.45, 2.75) is 123 Å². The number of aromatic nitrogens is 2. The summed E-state index contributed by atoms with van der Waals surface area (Å²) < 4.78 is 47.1. The maximum atomic E-state index is 13.6. The number of para-hydroxylation sites is 1. The van der Waals surface area contributed by atoms with E-state index in [0.29, 0.717) is 5.75 Å². The van der Waals surface area contributed by atoms with E-state index in [4.69, 9.17) is 31.9 Å². The molecule has 0 amide bonds. The Labute approximate surface area is 275 Å². The lowest BCUT2D eigenvalue weighted by molar-refractivity contribution is -0.144. The molecule has 2 saturated heterocycles. The maximum Gasteiger partial charge on any atom is 0.353 e. The van der Waals surface area contributed by atoms with Crippen molar-refractivity contribution in [3.05, 3.63) is 52.1 Å². The highest BCUT2D eigenvalue weighted by Crippen LogP contribution is 2.48. The van der Waals surface area contributed by atoms with Gasteiger partial charge in [0.1, 0.15) is 30.7 Å². The zero-order valence-electron chi connectivity index (χ0n) is 29.2. The van der Waals surface area contributed by atoms with Crippen molar-refractivity contribution in [1.29, 1.82) is 0 Å². The molecule has 2 aliphatic heterocycles. The van der Waals surface area contributed by atoms with Crippen LogP contribution in [0, 0.1) is 13.8 Å². The van der Waals surface area contributed by atoms with E-state index in [1.807, 2.05) is 32.0 Å². The van der Waals surface area contributed by atoms with Crippen LogP contribution >= 0.6 is 0 Å². The van der Waals surface area contributed by atoms with E-state index < -0.39 is 53.3 Å². The summed E-state index contributed by atoms with van der Waals surface area (Å²) >= 11 is 0. The normalized spacial score (nSPS) is 24.2. The second-order valence-electron chi connectivity index (χ2n) is 13.6. The van der Waals surface area contributed by atoms with Crippen LogP contribution in [0.1, 0.15) is 79.7 Å². The van der Waals surface area contributed by atoms with Crippen molar-refractivity contribution in [1.82, 2.24) is 9.55 Å². The van der Waals surface area contributed by atoms with Gasteiger partial charge in [-0.15, -0.1) is 0 Å². The van der Waals surface area contributed by atoms with E-state index in [0.717, 1.165) is 11.1 Å². The van der Waals surface area contributed by atoms with Crippen LogP contribution in [0.25, 0.3) is 0 Å².